The van der Waals surface area contributed by atoms with Gasteiger partial charge in [0.15, 0.2) is 5.60 Å². The SMILES string of the molecule is COc1cc2ncnc(Nc3ccc(OCc4cccc(F)c4)c(Br)c3)c2cc1C1(COCCS(C)(=O)=O)CC=CO1. The minimum atomic E-state index is -3.16. The van der Waals surface area contributed by atoms with Gasteiger partial charge < -0.3 is 24.3 Å². The van der Waals surface area contributed by atoms with Gasteiger partial charge in [-0.3, -0.25) is 0 Å². The highest BCUT2D eigenvalue weighted by Gasteiger charge is 2.39. The lowest BCUT2D eigenvalue weighted by atomic mass is 9.90. The fourth-order valence-corrected chi connectivity index (χ4v) is 5.50. The van der Waals surface area contributed by atoms with Gasteiger partial charge in [0.2, 0.25) is 0 Å². The van der Waals surface area contributed by atoms with Gasteiger partial charge in [-0.25, -0.2) is 22.8 Å². The summed E-state index contributed by atoms with van der Waals surface area (Å²) >= 11 is 3.56. The number of hydrogen-bond donors (Lipinski definition) is 1. The van der Waals surface area contributed by atoms with E-state index in [1.807, 2.05) is 36.4 Å². The van der Waals surface area contributed by atoms with Gasteiger partial charge in [-0.05, 0) is 64.0 Å². The van der Waals surface area contributed by atoms with E-state index in [1.54, 1.807) is 25.5 Å². The van der Waals surface area contributed by atoms with Crippen molar-refractivity contribution in [3.8, 4) is 11.5 Å². The lowest BCUT2D eigenvalue weighted by Gasteiger charge is -2.30. The van der Waals surface area contributed by atoms with E-state index >= 15 is 0 Å². The Kier molecular flexibility index (Phi) is 8.95. The predicted octanol–water partition coefficient (Wildman–Crippen LogP) is 6.05. The number of ether oxygens (including phenoxy) is 4. The summed E-state index contributed by atoms with van der Waals surface area (Å²) in [4.78, 5) is 8.92. The first kappa shape index (κ1) is 29.7. The fourth-order valence-electron chi connectivity index (χ4n) is 4.59. The van der Waals surface area contributed by atoms with Crippen LogP contribution in [0.2, 0.25) is 0 Å². The van der Waals surface area contributed by atoms with Crippen molar-refractivity contribution >= 4 is 48.2 Å². The van der Waals surface area contributed by atoms with Gasteiger partial charge in [0, 0.05) is 35.4 Å². The number of benzene rings is 3. The summed E-state index contributed by atoms with van der Waals surface area (Å²) < 4.78 is 60.8. The molecular formula is C30H29BrFN3O6S. The maximum atomic E-state index is 13.5. The van der Waals surface area contributed by atoms with Gasteiger partial charge >= 0.3 is 0 Å². The maximum Gasteiger partial charge on any atom is 0.163 e. The van der Waals surface area contributed by atoms with Crippen molar-refractivity contribution in [3.63, 3.8) is 0 Å². The highest BCUT2D eigenvalue weighted by Crippen LogP contribution is 2.43. The lowest BCUT2D eigenvalue weighted by Crippen LogP contribution is -2.32. The average Bonchev–Trinajstić information content (AvgIpc) is 3.44. The van der Waals surface area contributed by atoms with E-state index in [4.69, 9.17) is 18.9 Å². The van der Waals surface area contributed by atoms with Gasteiger partial charge in [-0.2, -0.15) is 0 Å². The number of halogens is 2. The zero-order valence-corrected chi connectivity index (χ0v) is 25.4. The fraction of sp³-hybridized carbons (Fsp3) is 0.267. The van der Waals surface area contributed by atoms with E-state index in [-0.39, 0.29) is 31.4 Å². The Balaban J connectivity index is 1.40. The van der Waals surface area contributed by atoms with Crippen LogP contribution >= 0.6 is 15.9 Å². The average molecular weight is 659 g/mol. The van der Waals surface area contributed by atoms with E-state index in [1.165, 1.54) is 24.7 Å². The molecule has 0 fully saturated rings. The molecule has 2 heterocycles. The van der Waals surface area contributed by atoms with E-state index in [9.17, 15) is 12.8 Å². The normalized spacial score (nSPS) is 16.4. The molecule has 0 amide bonds. The molecular weight excluding hydrogens is 629 g/mol. The molecule has 1 N–H and O–H groups in total. The third-order valence-electron chi connectivity index (χ3n) is 6.70. The van der Waals surface area contributed by atoms with Crippen LogP contribution < -0.4 is 14.8 Å². The number of rotatable bonds is 12. The van der Waals surface area contributed by atoms with Crippen molar-refractivity contribution in [1.82, 2.24) is 9.97 Å². The second-order valence-electron chi connectivity index (χ2n) is 9.85. The number of hydrogen-bond acceptors (Lipinski definition) is 9. The zero-order valence-electron chi connectivity index (χ0n) is 23.0. The number of nitrogens with zero attached hydrogens (tertiary/aromatic N) is 2. The smallest absolute Gasteiger partial charge is 0.163 e. The molecule has 0 saturated carbocycles. The Labute approximate surface area is 251 Å². The van der Waals surface area contributed by atoms with Crippen molar-refractivity contribution in [1.29, 1.82) is 0 Å². The molecule has 1 atom stereocenters. The standard InChI is InChI=1S/C30H29BrFN3O6S/c1-38-28-16-26-23(15-24(28)30(9-4-10-41-30)18-39-11-12-42(2,36)37)29(34-19-33-26)35-22-7-8-27(25(31)14-22)40-17-20-5-3-6-21(32)13-20/h3-8,10,13-16,19H,9,11-12,17-18H2,1-2H3,(H,33,34,35). The second kappa shape index (κ2) is 12.6. The van der Waals surface area contributed by atoms with E-state index < -0.39 is 15.4 Å². The van der Waals surface area contributed by atoms with E-state index in [2.05, 4.69) is 31.2 Å². The van der Waals surface area contributed by atoms with Crippen LogP contribution in [0.3, 0.4) is 0 Å². The molecule has 1 unspecified atom stereocenters. The number of fused-ring (bicyclic) bond motifs is 1. The van der Waals surface area contributed by atoms with Crippen molar-refractivity contribution in [3.05, 3.63) is 94.7 Å². The molecule has 0 bridgehead atoms. The Morgan fingerprint density at radius 2 is 1.98 bits per heavy atom. The molecule has 9 nitrogen and oxygen atoms in total. The molecule has 5 rings (SSSR count). The van der Waals surface area contributed by atoms with Gasteiger partial charge in [-0.15, -0.1) is 0 Å². The Hall–Kier alpha value is -3.74. The number of nitrogens with one attached hydrogen (secondary N) is 1. The van der Waals surface area contributed by atoms with E-state index in [0.717, 1.165) is 22.2 Å². The minimum Gasteiger partial charge on any atom is -0.496 e. The molecule has 220 valence electrons. The number of methoxy groups -OCH3 is 1. The van der Waals surface area contributed by atoms with Crippen LogP contribution in [0.5, 0.6) is 11.5 Å². The van der Waals surface area contributed by atoms with Gasteiger partial charge in [0.25, 0.3) is 0 Å². The van der Waals surface area contributed by atoms with Crippen LogP contribution in [0, 0.1) is 5.82 Å². The molecule has 1 aliphatic rings. The van der Waals surface area contributed by atoms with Crippen LogP contribution in [0.15, 0.2) is 77.7 Å². The van der Waals surface area contributed by atoms with Crippen LogP contribution in [0.1, 0.15) is 17.5 Å². The number of sulfone groups is 1. The molecule has 42 heavy (non-hydrogen) atoms. The third kappa shape index (κ3) is 7.00. The Bertz CT molecular complexity index is 1730. The first-order chi connectivity index (χ1) is 20.2. The quantitative estimate of drug-likeness (QED) is 0.182. The van der Waals surface area contributed by atoms with Crippen LogP contribution in [0.25, 0.3) is 10.9 Å². The maximum absolute atomic E-state index is 13.5. The monoisotopic (exact) mass is 657 g/mol. The molecule has 0 spiro atoms. The zero-order chi connectivity index (χ0) is 29.7. The second-order valence-corrected chi connectivity index (χ2v) is 13.0. The molecule has 0 saturated heterocycles. The molecule has 0 aliphatic carbocycles. The number of aromatic nitrogens is 2. The largest absolute Gasteiger partial charge is 0.496 e. The van der Waals surface area contributed by atoms with Crippen LogP contribution in [0.4, 0.5) is 15.9 Å². The highest BCUT2D eigenvalue weighted by molar-refractivity contribution is 9.10. The first-order valence-electron chi connectivity index (χ1n) is 13.0. The highest BCUT2D eigenvalue weighted by atomic mass is 79.9. The molecule has 0 radical (unpaired) electrons. The first-order valence-corrected chi connectivity index (χ1v) is 15.9. The molecule has 1 aromatic heterocycles. The van der Waals surface area contributed by atoms with Crippen LogP contribution in [-0.4, -0.2) is 50.7 Å². The van der Waals surface area contributed by atoms with Gasteiger partial charge in [0.05, 0.1) is 42.3 Å². The van der Waals surface area contributed by atoms with Gasteiger partial charge in [0.1, 0.15) is 45.9 Å². The van der Waals surface area contributed by atoms with Crippen molar-refractivity contribution < 1.29 is 31.8 Å². The lowest BCUT2D eigenvalue weighted by molar-refractivity contribution is -0.0430. The summed E-state index contributed by atoms with van der Waals surface area (Å²) in [6.45, 7) is 0.394. The Morgan fingerprint density at radius 1 is 1.12 bits per heavy atom. The summed E-state index contributed by atoms with van der Waals surface area (Å²) in [5, 5.41) is 4.08. The summed E-state index contributed by atoms with van der Waals surface area (Å²) in [5.74, 6) is 1.33. The topological polar surface area (TPSA) is 109 Å². The molecule has 4 aromatic rings. The summed E-state index contributed by atoms with van der Waals surface area (Å²) in [7, 11) is -1.59. The third-order valence-corrected chi connectivity index (χ3v) is 8.22. The summed E-state index contributed by atoms with van der Waals surface area (Å²) in [6, 6.07) is 15.5. The Morgan fingerprint density at radius 3 is 2.69 bits per heavy atom. The van der Waals surface area contributed by atoms with E-state index in [0.29, 0.717) is 33.7 Å². The molecule has 3 aromatic carbocycles. The predicted molar refractivity (Wildman–Crippen MR) is 161 cm³/mol. The molecule has 1 aliphatic heterocycles. The minimum absolute atomic E-state index is 0.0482. The van der Waals surface area contributed by atoms with Gasteiger partial charge in [-0.1, -0.05) is 12.1 Å². The number of anilines is 2. The van der Waals surface area contributed by atoms with Crippen molar-refractivity contribution in [2.75, 3.05) is 37.6 Å². The van der Waals surface area contributed by atoms with Crippen LogP contribution in [-0.2, 0) is 31.5 Å². The van der Waals surface area contributed by atoms with Crippen molar-refractivity contribution in [2.24, 2.45) is 0 Å². The molecule has 12 heteroatoms. The van der Waals surface area contributed by atoms with Crippen molar-refractivity contribution in [2.45, 2.75) is 18.6 Å². The summed E-state index contributed by atoms with van der Waals surface area (Å²) in [6.07, 6.45) is 6.65. The summed E-state index contributed by atoms with van der Waals surface area (Å²) in [5.41, 5.74) is 1.94.